The largest absolute Gasteiger partial charge is 0.343 e. The van der Waals surface area contributed by atoms with E-state index in [-0.39, 0.29) is 0 Å². The Labute approximate surface area is 121 Å². The van der Waals surface area contributed by atoms with E-state index in [9.17, 15) is 0 Å². The SMILES string of the molecule is CNCc1cn(Cc2ccsc2)c2cc(Cl)ccc12. The van der Waals surface area contributed by atoms with Gasteiger partial charge >= 0.3 is 0 Å². The Balaban J connectivity index is 2.09. The van der Waals surface area contributed by atoms with Gasteiger partial charge in [0.15, 0.2) is 0 Å². The van der Waals surface area contributed by atoms with Gasteiger partial charge in [0.2, 0.25) is 0 Å². The van der Waals surface area contributed by atoms with E-state index in [2.05, 4.69) is 39.0 Å². The maximum atomic E-state index is 6.13. The summed E-state index contributed by atoms with van der Waals surface area (Å²) < 4.78 is 2.27. The third kappa shape index (κ3) is 2.54. The average Bonchev–Trinajstić information content (AvgIpc) is 3.00. The lowest BCUT2D eigenvalue weighted by Crippen LogP contribution is -2.04. The Morgan fingerprint density at radius 3 is 2.95 bits per heavy atom. The van der Waals surface area contributed by atoms with Gasteiger partial charge in [-0.1, -0.05) is 17.7 Å². The van der Waals surface area contributed by atoms with Crippen LogP contribution in [0.4, 0.5) is 0 Å². The normalized spacial score (nSPS) is 11.3. The number of hydrogen-bond donors (Lipinski definition) is 1. The summed E-state index contributed by atoms with van der Waals surface area (Å²) >= 11 is 7.86. The fourth-order valence-corrected chi connectivity index (χ4v) is 3.21. The van der Waals surface area contributed by atoms with Crippen LogP contribution in [0.5, 0.6) is 0 Å². The molecule has 0 atom stereocenters. The lowest BCUT2D eigenvalue weighted by Gasteiger charge is -2.03. The monoisotopic (exact) mass is 290 g/mol. The molecule has 0 saturated carbocycles. The Hall–Kier alpha value is -1.29. The molecule has 0 unspecified atom stereocenters. The number of nitrogens with one attached hydrogen (secondary N) is 1. The van der Waals surface area contributed by atoms with Crippen molar-refractivity contribution in [2.75, 3.05) is 7.05 Å². The van der Waals surface area contributed by atoms with Gasteiger partial charge in [0.25, 0.3) is 0 Å². The second kappa shape index (κ2) is 5.37. The van der Waals surface area contributed by atoms with E-state index in [4.69, 9.17) is 11.6 Å². The van der Waals surface area contributed by atoms with Crippen LogP contribution in [0.2, 0.25) is 5.02 Å². The first-order valence-corrected chi connectivity index (χ1v) is 7.53. The van der Waals surface area contributed by atoms with Crippen LogP contribution in [0.15, 0.2) is 41.2 Å². The lowest BCUT2D eigenvalue weighted by atomic mass is 10.2. The number of fused-ring (bicyclic) bond motifs is 1. The van der Waals surface area contributed by atoms with Crippen LogP contribution >= 0.6 is 22.9 Å². The molecule has 3 rings (SSSR count). The van der Waals surface area contributed by atoms with Crippen molar-refractivity contribution in [3.8, 4) is 0 Å². The van der Waals surface area contributed by atoms with Gasteiger partial charge in [-0.25, -0.2) is 0 Å². The molecule has 3 aromatic rings. The zero-order valence-corrected chi connectivity index (χ0v) is 12.3. The number of nitrogens with zero attached hydrogens (tertiary/aromatic N) is 1. The molecule has 98 valence electrons. The highest BCUT2D eigenvalue weighted by Gasteiger charge is 2.09. The lowest BCUT2D eigenvalue weighted by molar-refractivity contribution is 0.797. The van der Waals surface area contributed by atoms with Crippen molar-refractivity contribution >= 4 is 33.8 Å². The second-order valence-electron chi connectivity index (χ2n) is 4.61. The molecule has 0 fully saturated rings. The zero-order valence-electron chi connectivity index (χ0n) is 10.7. The van der Waals surface area contributed by atoms with Gasteiger partial charge in [-0.3, -0.25) is 0 Å². The fraction of sp³-hybridized carbons (Fsp3) is 0.200. The summed E-state index contributed by atoms with van der Waals surface area (Å²) in [5, 5.41) is 9.58. The predicted molar refractivity (Wildman–Crippen MR) is 83.1 cm³/mol. The van der Waals surface area contributed by atoms with Crippen molar-refractivity contribution in [2.24, 2.45) is 0 Å². The summed E-state index contributed by atoms with van der Waals surface area (Å²) in [6.45, 7) is 1.76. The molecule has 19 heavy (non-hydrogen) atoms. The van der Waals surface area contributed by atoms with Gasteiger partial charge in [-0.05, 0) is 47.1 Å². The molecule has 2 aromatic heterocycles. The molecular weight excluding hydrogens is 276 g/mol. The van der Waals surface area contributed by atoms with E-state index in [1.807, 2.05) is 19.2 Å². The van der Waals surface area contributed by atoms with Crippen molar-refractivity contribution in [3.63, 3.8) is 0 Å². The Kier molecular flexibility index (Phi) is 3.60. The van der Waals surface area contributed by atoms with Crippen LogP contribution in [0.1, 0.15) is 11.1 Å². The molecule has 0 saturated heterocycles. The van der Waals surface area contributed by atoms with Gasteiger partial charge < -0.3 is 9.88 Å². The van der Waals surface area contributed by atoms with Crippen LogP contribution in [0.25, 0.3) is 10.9 Å². The summed E-state index contributed by atoms with van der Waals surface area (Å²) in [4.78, 5) is 0. The van der Waals surface area contributed by atoms with E-state index in [0.717, 1.165) is 18.1 Å². The number of benzene rings is 1. The minimum absolute atomic E-state index is 0.785. The molecule has 4 heteroatoms. The number of aromatic nitrogens is 1. The number of rotatable bonds is 4. The minimum Gasteiger partial charge on any atom is -0.343 e. The molecule has 0 aliphatic rings. The zero-order chi connectivity index (χ0) is 13.2. The van der Waals surface area contributed by atoms with Crippen LogP contribution < -0.4 is 5.32 Å². The van der Waals surface area contributed by atoms with E-state index in [0.29, 0.717) is 0 Å². The predicted octanol–water partition coefficient (Wildman–Crippen LogP) is 4.12. The summed E-state index contributed by atoms with van der Waals surface area (Å²) in [5.41, 5.74) is 3.84. The smallest absolute Gasteiger partial charge is 0.0501 e. The fourth-order valence-electron chi connectivity index (χ4n) is 2.38. The van der Waals surface area contributed by atoms with Crippen LogP contribution in [0, 0.1) is 0 Å². The molecule has 2 heterocycles. The first-order chi connectivity index (χ1) is 9.28. The van der Waals surface area contributed by atoms with Crippen molar-refractivity contribution in [3.05, 3.63) is 57.4 Å². The van der Waals surface area contributed by atoms with Crippen LogP contribution in [-0.4, -0.2) is 11.6 Å². The first-order valence-electron chi connectivity index (χ1n) is 6.21. The van der Waals surface area contributed by atoms with Crippen molar-refractivity contribution in [1.82, 2.24) is 9.88 Å². The van der Waals surface area contributed by atoms with Gasteiger partial charge in [0.05, 0.1) is 5.52 Å². The molecule has 0 aliphatic heterocycles. The minimum atomic E-state index is 0.785. The van der Waals surface area contributed by atoms with Gasteiger partial charge in [-0.15, -0.1) is 0 Å². The molecule has 1 N–H and O–H groups in total. The molecule has 0 spiro atoms. The molecular formula is C15H15ClN2S. The van der Waals surface area contributed by atoms with Crippen molar-refractivity contribution in [1.29, 1.82) is 0 Å². The highest BCUT2D eigenvalue weighted by Crippen LogP contribution is 2.26. The maximum Gasteiger partial charge on any atom is 0.0501 e. The first kappa shape index (κ1) is 12.7. The number of halogens is 1. The quantitative estimate of drug-likeness (QED) is 0.765. The molecule has 0 amide bonds. The highest BCUT2D eigenvalue weighted by atomic mass is 35.5. The molecule has 0 radical (unpaired) electrons. The summed E-state index contributed by atoms with van der Waals surface area (Å²) in [6.07, 6.45) is 2.22. The Morgan fingerprint density at radius 2 is 2.21 bits per heavy atom. The van der Waals surface area contributed by atoms with E-state index in [1.54, 1.807) is 11.3 Å². The maximum absolute atomic E-state index is 6.13. The second-order valence-corrected chi connectivity index (χ2v) is 5.82. The number of thiophene rings is 1. The van der Waals surface area contributed by atoms with Gasteiger partial charge in [0.1, 0.15) is 0 Å². The number of hydrogen-bond acceptors (Lipinski definition) is 2. The summed E-state index contributed by atoms with van der Waals surface area (Å²) in [7, 11) is 1.97. The summed E-state index contributed by atoms with van der Waals surface area (Å²) in [5.74, 6) is 0. The van der Waals surface area contributed by atoms with Crippen molar-refractivity contribution in [2.45, 2.75) is 13.1 Å². The average molecular weight is 291 g/mol. The Morgan fingerprint density at radius 1 is 1.32 bits per heavy atom. The molecule has 2 nitrogen and oxygen atoms in total. The Bertz CT molecular complexity index is 686. The van der Waals surface area contributed by atoms with Crippen molar-refractivity contribution < 1.29 is 0 Å². The van der Waals surface area contributed by atoms with E-state index < -0.39 is 0 Å². The topological polar surface area (TPSA) is 17.0 Å². The van der Waals surface area contributed by atoms with E-state index in [1.165, 1.54) is 22.0 Å². The third-order valence-corrected chi connectivity index (χ3v) is 4.19. The molecule has 0 aliphatic carbocycles. The summed E-state index contributed by atoms with van der Waals surface area (Å²) in [6, 6.07) is 8.27. The van der Waals surface area contributed by atoms with Gasteiger partial charge in [-0.2, -0.15) is 11.3 Å². The highest BCUT2D eigenvalue weighted by molar-refractivity contribution is 7.07. The van der Waals surface area contributed by atoms with Gasteiger partial charge in [0, 0.05) is 29.7 Å². The third-order valence-electron chi connectivity index (χ3n) is 3.23. The van der Waals surface area contributed by atoms with Crippen LogP contribution in [0.3, 0.4) is 0 Å². The van der Waals surface area contributed by atoms with Crippen LogP contribution in [-0.2, 0) is 13.1 Å². The standard InChI is InChI=1S/C15H15ClN2S/c1-17-7-12-9-18(8-11-4-5-19-10-11)15-6-13(16)2-3-14(12)15/h2-6,9-10,17H,7-8H2,1H3. The van der Waals surface area contributed by atoms with E-state index >= 15 is 0 Å². The molecule has 0 bridgehead atoms. The molecule has 1 aromatic carbocycles.